The summed E-state index contributed by atoms with van der Waals surface area (Å²) in [6, 6.07) is 12.4. The Balaban J connectivity index is 1.66. The van der Waals surface area contributed by atoms with Gasteiger partial charge in [-0.3, -0.25) is 4.90 Å². The monoisotopic (exact) mass is 286 g/mol. The highest BCUT2D eigenvalue weighted by Gasteiger charge is 2.36. The van der Waals surface area contributed by atoms with Gasteiger partial charge in [0.2, 0.25) is 0 Å². The summed E-state index contributed by atoms with van der Waals surface area (Å²) in [6.07, 6.45) is 8.44. The Morgan fingerprint density at radius 1 is 1.14 bits per heavy atom. The third-order valence-corrected chi connectivity index (χ3v) is 5.38. The molecule has 3 rings (SSSR count). The molecule has 21 heavy (non-hydrogen) atoms. The van der Waals surface area contributed by atoms with Crippen molar-refractivity contribution in [1.29, 1.82) is 0 Å². The quantitative estimate of drug-likeness (QED) is 0.850. The zero-order valence-corrected chi connectivity index (χ0v) is 13.4. The van der Waals surface area contributed by atoms with Crippen molar-refractivity contribution in [2.45, 2.75) is 57.5 Å². The van der Waals surface area contributed by atoms with Gasteiger partial charge in [0, 0.05) is 18.6 Å². The first-order chi connectivity index (χ1) is 10.4. The van der Waals surface area contributed by atoms with Crippen LogP contribution in [0, 0.1) is 5.92 Å². The Labute approximate surface area is 129 Å². The van der Waals surface area contributed by atoms with E-state index in [-0.39, 0.29) is 0 Å². The van der Waals surface area contributed by atoms with Gasteiger partial charge in [0.05, 0.1) is 0 Å². The Kier molecular flexibility index (Phi) is 5.32. The van der Waals surface area contributed by atoms with Crippen LogP contribution in [-0.4, -0.2) is 30.6 Å². The van der Waals surface area contributed by atoms with Gasteiger partial charge in [-0.25, -0.2) is 0 Å². The molecule has 0 spiro atoms. The average molecular weight is 286 g/mol. The first-order valence-corrected chi connectivity index (χ1v) is 8.91. The third kappa shape index (κ3) is 3.67. The number of nitrogens with zero attached hydrogens (tertiary/aromatic N) is 1. The van der Waals surface area contributed by atoms with Crippen LogP contribution in [0.4, 0.5) is 0 Å². The topological polar surface area (TPSA) is 15.3 Å². The summed E-state index contributed by atoms with van der Waals surface area (Å²) in [7, 11) is 0. The molecule has 3 atom stereocenters. The molecule has 1 N–H and O–H groups in total. The number of likely N-dealkylation sites (tertiary alicyclic amines) is 1. The molecule has 2 nitrogen and oxygen atoms in total. The summed E-state index contributed by atoms with van der Waals surface area (Å²) in [5.41, 5.74) is 1.45. The molecule has 1 aromatic carbocycles. The van der Waals surface area contributed by atoms with Crippen LogP contribution < -0.4 is 5.32 Å². The smallest absolute Gasteiger partial charge is 0.0449 e. The summed E-state index contributed by atoms with van der Waals surface area (Å²) in [4.78, 5) is 2.78. The molecule has 1 saturated heterocycles. The van der Waals surface area contributed by atoms with Crippen molar-refractivity contribution >= 4 is 0 Å². The van der Waals surface area contributed by atoms with Gasteiger partial charge in [-0.05, 0) is 50.3 Å². The number of fused-ring (bicyclic) bond motifs is 1. The second-order valence-corrected chi connectivity index (χ2v) is 6.81. The summed E-state index contributed by atoms with van der Waals surface area (Å²) < 4.78 is 0. The van der Waals surface area contributed by atoms with Crippen molar-refractivity contribution in [2.24, 2.45) is 5.92 Å². The van der Waals surface area contributed by atoms with Gasteiger partial charge in [0.1, 0.15) is 0 Å². The van der Waals surface area contributed by atoms with E-state index >= 15 is 0 Å². The molecule has 0 radical (unpaired) electrons. The summed E-state index contributed by atoms with van der Waals surface area (Å²) in [6.45, 7) is 5.86. The molecule has 0 bridgehead atoms. The number of hydrogen-bond acceptors (Lipinski definition) is 2. The molecule has 116 valence electrons. The van der Waals surface area contributed by atoms with Crippen LogP contribution >= 0.6 is 0 Å². The maximum Gasteiger partial charge on any atom is 0.0449 e. The predicted molar refractivity (Wildman–Crippen MR) is 89.4 cm³/mol. The fourth-order valence-corrected chi connectivity index (χ4v) is 4.26. The molecule has 1 aliphatic carbocycles. The standard InChI is InChI=1S/C19H30N2/c1-2-13-20-18(16-8-4-3-5-9-16)15-21-14-12-17-10-6-7-11-19(17)21/h3-5,8-9,17-20H,2,6-7,10-15H2,1H3. The minimum absolute atomic E-state index is 0.492. The van der Waals surface area contributed by atoms with Gasteiger partial charge >= 0.3 is 0 Å². The van der Waals surface area contributed by atoms with E-state index in [0.29, 0.717) is 6.04 Å². The lowest BCUT2D eigenvalue weighted by Crippen LogP contribution is -2.40. The van der Waals surface area contributed by atoms with E-state index in [1.807, 2.05) is 0 Å². The molecule has 0 aromatic heterocycles. The van der Waals surface area contributed by atoms with Gasteiger partial charge in [-0.2, -0.15) is 0 Å². The first-order valence-electron chi connectivity index (χ1n) is 8.91. The molecule has 2 aliphatic rings. The fourth-order valence-electron chi connectivity index (χ4n) is 4.26. The average Bonchev–Trinajstić information content (AvgIpc) is 2.95. The maximum absolute atomic E-state index is 3.77. The van der Waals surface area contributed by atoms with Crippen molar-refractivity contribution < 1.29 is 0 Å². The number of hydrogen-bond donors (Lipinski definition) is 1. The molecule has 1 heterocycles. The highest BCUT2D eigenvalue weighted by molar-refractivity contribution is 5.19. The van der Waals surface area contributed by atoms with Crippen LogP contribution in [0.2, 0.25) is 0 Å². The SMILES string of the molecule is CCCNC(CN1CCC2CCCCC21)c1ccccc1. The minimum atomic E-state index is 0.492. The minimum Gasteiger partial charge on any atom is -0.309 e. The molecule has 1 aliphatic heterocycles. The van der Waals surface area contributed by atoms with Crippen LogP contribution in [0.25, 0.3) is 0 Å². The summed E-state index contributed by atoms with van der Waals surface area (Å²) in [5.74, 6) is 0.987. The van der Waals surface area contributed by atoms with Crippen LogP contribution in [-0.2, 0) is 0 Å². The summed E-state index contributed by atoms with van der Waals surface area (Å²) >= 11 is 0. The molecule has 1 saturated carbocycles. The number of nitrogens with one attached hydrogen (secondary N) is 1. The van der Waals surface area contributed by atoms with Gasteiger partial charge in [0.25, 0.3) is 0 Å². The van der Waals surface area contributed by atoms with Gasteiger partial charge in [-0.15, -0.1) is 0 Å². The van der Waals surface area contributed by atoms with Crippen molar-refractivity contribution in [3.63, 3.8) is 0 Å². The van der Waals surface area contributed by atoms with E-state index in [1.54, 1.807) is 0 Å². The van der Waals surface area contributed by atoms with Crippen LogP contribution in [0.15, 0.2) is 30.3 Å². The molecule has 2 heteroatoms. The zero-order chi connectivity index (χ0) is 14.5. The Morgan fingerprint density at radius 2 is 1.95 bits per heavy atom. The predicted octanol–water partition coefficient (Wildman–Crippen LogP) is 3.99. The lowest BCUT2D eigenvalue weighted by atomic mass is 9.85. The number of benzene rings is 1. The molecule has 1 aromatic rings. The normalized spacial score (nSPS) is 27.5. The van der Waals surface area contributed by atoms with E-state index in [2.05, 4.69) is 47.5 Å². The highest BCUT2D eigenvalue weighted by Crippen LogP contribution is 2.36. The zero-order valence-electron chi connectivity index (χ0n) is 13.4. The molecule has 0 amide bonds. The first kappa shape index (κ1) is 15.1. The van der Waals surface area contributed by atoms with Crippen molar-refractivity contribution in [3.8, 4) is 0 Å². The second-order valence-electron chi connectivity index (χ2n) is 6.81. The van der Waals surface area contributed by atoms with E-state index < -0.39 is 0 Å². The summed E-state index contributed by atoms with van der Waals surface area (Å²) in [5, 5.41) is 3.77. The lowest BCUT2D eigenvalue weighted by Gasteiger charge is -2.34. The van der Waals surface area contributed by atoms with Crippen LogP contribution in [0.5, 0.6) is 0 Å². The Morgan fingerprint density at radius 3 is 2.76 bits per heavy atom. The molecule has 2 fully saturated rings. The fraction of sp³-hybridized carbons (Fsp3) is 0.684. The molecular weight excluding hydrogens is 256 g/mol. The van der Waals surface area contributed by atoms with E-state index in [4.69, 9.17) is 0 Å². The highest BCUT2D eigenvalue weighted by atomic mass is 15.2. The van der Waals surface area contributed by atoms with Gasteiger partial charge in [0.15, 0.2) is 0 Å². The van der Waals surface area contributed by atoms with Crippen LogP contribution in [0.1, 0.15) is 57.1 Å². The second kappa shape index (κ2) is 7.42. The van der Waals surface area contributed by atoms with E-state index in [9.17, 15) is 0 Å². The van der Waals surface area contributed by atoms with Crippen LogP contribution in [0.3, 0.4) is 0 Å². The van der Waals surface area contributed by atoms with Crippen molar-refractivity contribution in [3.05, 3.63) is 35.9 Å². The van der Waals surface area contributed by atoms with E-state index in [1.165, 1.54) is 57.2 Å². The van der Waals surface area contributed by atoms with Crippen molar-refractivity contribution in [2.75, 3.05) is 19.6 Å². The maximum atomic E-state index is 3.77. The molecular formula is C19H30N2. The lowest BCUT2D eigenvalue weighted by molar-refractivity contribution is 0.167. The Hall–Kier alpha value is -0.860. The molecule has 3 unspecified atom stereocenters. The van der Waals surface area contributed by atoms with Crippen molar-refractivity contribution in [1.82, 2.24) is 10.2 Å². The van der Waals surface area contributed by atoms with Gasteiger partial charge < -0.3 is 5.32 Å². The van der Waals surface area contributed by atoms with Gasteiger partial charge in [-0.1, -0.05) is 50.1 Å². The van der Waals surface area contributed by atoms with E-state index in [0.717, 1.165) is 18.5 Å². The number of rotatable bonds is 6. The third-order valence-electron chi connectivity index (χ3n) is 5.38. The largest absolute Gasteiger partial charge is 0.309 e. The Bertz CT molecular complexity index is 417.